The molecule has 0 atom stereocenters. The third-order valence-corrected chi connectivity index (χ3v) is 0. The van der Waals surface area contributed by atoms with Gasteiger partial charge in [-0.05, 0) is 0 Å². The molecule has 0 N–H and O–H groups in total. The molecule has 0 rings (SSSR count). The molecule has 152 valence electrons. The van der Waals surface area contributed by atoms with E-state index in [-0.39, 0.29) is 22.4 Å². The van der Waals surface area contributed by atoms with E-state index in [0.717, 1.165) is 0 Å². The van der Waals surface area contributed by atoms with Gasteiger partial charge in [0.25, 0.3) is 0 Å². The first-order valence-corrected chi connectivity index (χ1v) is 20.4. The summed E-state index contributed by atoms with van der Waals surface area (Å²) in [6, 6.07) is 0. The number of rotatable bonds is 0. The quantitative estimate of drug-likeness (QED) is 0.195. The van der Waals surface area contributed by atoms with Crippen molar-refractivity contribution in [3.8, 4) is 0 Å². The number of hydrogen-bond acceptors (Lipinski definition) is 0. The van der Waals surface area contributed by atoms with Crippen molar-refractivity contribution in [2.45, 2.75) is 0 Å². The van der Waals surface area contributed by atoms with Gasteiger partial charge in [-0.25, -0.2) is 0 Å². The zero-order valence-electron chi connectivity index (χ0n) is 8.45. The summed E-state index contributed by atoms with van der Waals surface area (Å²) in [6.07, 6.45) is 0. The maximum atomic E-state index is 9.93. The van der Waals surface area contributed by atoms with Gasteiger partial charge in [0.2, 0.25) is 0 Å². The first-order valence-electron chi connectivity index (χ1n) is 3.04. The fourth-order valence-electron chi connectivity index (χ4n) is 0. The van der Waals surface area contributed by atoms with Crippen LogP contribution < -0.4 is 0 Å². The normalized spacial score (nSPS) is 22.1. The van der Waals surface area contributed by atoms with Gasteiger partial charge in [0.1, 0.15) is 0 Å². The topological polar surface area (TPSA) is 0 Å². The Morgan fingerprint density at radius 3 is 0.227 bits per heavy atom. The fraction of sp³-hybridized carbons (Fsp3) is 0. The summed E-state index contributed by atoms with van der Waals surface area (Å²) >= 11 is -33.8. The van der Waals surface area contributed by atoms with E-state index in [1.807, 2.05) is 0 Å². The van der Waals surface area contributed by atoms with E-state index in [9.17, 15) is 50.6 Å². The SMILES string of the molecule is [Au+3].[F][Sb-]([F])([F])([F])([F])[F].[F][Sb-]([F])([F])([F])([F])[F].[F][Sb-]([F])([F])([F])([F])[F]. The van der Waals surface area contributed by atoms with Crippen molar-refractivity contribution in [2.24, 2.45) is 0 Å². The van der Waals surface area contributed by atoms with Crippen LogP contribution in [0.4, 0.5) is 50.6 Å². The fourth-order valence-corrected chi connectivity index (χ4v) is 0. The molecule has 0 heterocycles. The Morgan fingerprint density at radius 2 is 0.227 bits per heavy atom. The summed E-state index contributed by atoms with van der Waals surface area (Å²) in [5, 5.41) is 0. The van der Waals surface area contributed by atoms with Gasteiger partial charge in [-0.15, -0.1) is 0 Å². The molecule has 22 heteroatoms. The number of halogens is 18. The van der Waals surface area contributed by atoms with Crippen LogP contribution >= 0.6 is 0 Å². The van der Waals surface area contributed by atoms with Crippen molar-refractivity contribution in [3.63, 3.8) is 0 Å². The second kappa shape index (κ2) is 5.01. The summed E-state index contributed by atoms with van der Waals surface area (Å²) in [4.78, 5) is 0. The Labute approximate surface area is 130 Å². The third kappa shape index (κ3) is 2570. The van der Waals surface area contributed by atoms with Gasteiger partial charge in [-0.3, -0.25) is 0 Å². The minimum atomic E-state index is -11.2. The first-order chi connectivity index (χ1) is 7.35. The third-order valence-electron chi connectivity index (χ3n) is 0. The maximum absolute atomic E-state index is 11.2. The van der Waals surface area contributed by atoms with Crippen LogP contribution in [0, 0.1) is 0 Å². The molecular weight excluding hydrogens is 904 g/mol. The van der Waals surface area contributed by atoms with Gasteiger partial charge in [0.15, 0.2) is 0 Å². The summed E-state index contributed by atoms with van der Waals surface area (Å²) < 4.78 is 179. The molecule has 0 nitrogen and oxygen atoms in total. The predicted octanol–water partition coefficient (Wildman–Crippen LogP) is 6.42. The van der Waals surface area contributed by atoms with Crippen molar-refractivity contribution in [3.05, 3.63) is 0 Å². The van der Waals surface area contributed by atoms with Crippen molar-refractivity contribution in [1.29, 1.82) is 0 Å². The average molecular weight is 904 g/mol. The summed E-state index contributed by atoms with van der Waals surface area (Å²) in [6.45, 7) is 0. The number of hydrogen-bond donors (Lipinski definition) is 0. The molecule has 0 aromatic heterocycles. The minimum absolute atomic E-state index is 0. The van der Waals surface area contributed by atoms with E-state index in [4.69, 9.17) is 0 Å². The predicted molar refractivity (Wildman–Crippen MR) is 37.2 cm³/mol. The Bertz CT molecular complexity index is 265. The molecule has 0 spiro atoms. The summed E-state index contributed by atoms with van der Waals surface area (Å²) in [5.41, 5.74) is 0. The van der Waals surface area contributed by atoms with Gasteiger partial charge < -0.3 is 0 Å². The van der Waals surface area contributed by atoms with Gasteiger partial charge in [-0.2, -0.15) is 0 Å². The molecule has 0 bridgehead atoms. The Morgan fingerprint density at radius 1 is 0.227 bits per heavy atom. The van der Waals surface area contributed by atoms with Gasteiger partial charge >= 0.3 is 131 Å². The van der Waals surface area contributed by atoms with Gasteiger partial charge in [0, 0.05) is 0 Å². The van der Waals surface area contributed by atoms with Crippen LogP contribution in [0.5, 0.6) is 0 Å². The van der Waals surface area contributed by atoms with Crippen LogP contribution in [-0.2, 0) is 22.4 Å². The first kappa shape index (κ1) is 31.7. The van der Waals surface area contributed by atoms with E-state index in [1.165, 1.54) is 0 Å². The molecule has 0 saturated heterocycles. The van der Waals surface area contributed by atoms with Gasteiger partial charge in [0.05, 0.1) is 0 Å². The van der Waals surface area contributed by atoms with Crippen molar-refractivity contribution < 1.29 is 73.0 Å². The molecule has 0 radical (unpaired) electrons. The molecule has 0 fully saturated rings. The molecule has 0 aromatic carbocycles. The van der Waals surface area contributed by atoms with E-state index >= 15 is 0 Å². The zero-order valence-corrected chi connectivity index (χ0v) is 18.3. The molecule has 0 unspecified atom stereocenters. The van der Waals surface area contributed by atoms with Gasteiger partial charge in [-0.1, -0.05) is 0 Å². The summed E-state index contributed by atoms with van der Waals surface area (Å²) in [5.74, 6) is 0. The molecule has 0 aliphatic heterocycles. The van der Waals surface area contributed by atoms with Crippen LogP contribution in [0.3, 0.4) is 0 Å². The van der Waals surface area contributed by atoms with Crippen molar-refractivity contribution in [2.75, 3.05) is 0 Å². The van der Waals surface area contributed by atoms with Crippen molar-refractivity contribution >= 4 is 58.4 Å². The molecule has 0 saturated carbocycles. The van der Waals surface area contributed by atoms with E-state index in [0.29, 0.717) is 0 Å². The summed E-state index contributed by atoms with van der Waals surface area (Å²) in [7, 11) is 0. The van der Waals surface area contributed by atoms with Crippen LogP contribution in [0.1, 0.15) is 0 Å². The van der Waals surface area contributed by atoms with Crippen molar-refractivity contribution in [1.82, 2.24) is 0 Å². The molecule has 0 amide bonds. The van der Waals surface area contributed by atoms with E-state index in [1.54, 1.807) is 0 Å². The molecular formula is AuF18Sb3. The van der Waals surface area contributed by atoms with Crippen LogP contribution in [0.25, 0.3) is 0 Å². The van der Waals surface area contributed by atoms with Crippen LogP contribution in [-0.4, -0.2) is 58.4 Å². The molecule has 22 heavy (non-hydrogen) atoms. The Kier molecular flexibility index (Phi) is 7.21. The second-order valence-corrected chi connectivity index (χ2v) is 19.3. The monoisotopic (exact) mass is 902 g/mol. The Balaban J connectivity index is -0.000000108. The zero-order chi connectivity index (χ0) is 19.2. The van der Waals surface area contributed by atoms with Crippen LogP contribution in [0.2, 0.25) is 0 Å². The molecule has 0 aromatic rings. The van der Waals surface area contributed by atoms with E-state index < -0.39 is 58.4 Å². The molecule has 0 aliphatic carbocycles. The second-order valence-electron chi connectivity index (χ2n) is 2.87. The Hall–Kier alpha value is 1.93. The van der Waals surface area contributed by atoms with E-state index in [2.05, 4.69) is 0 Å². The standard InChI is InChI=1S/Au.18FH.3Sb/h;18*1H;;;/q+3;;;;;;;;;;;;;;;;;;;3*+5/p-18. The molecule has 0 aliphatic rings. The average Bonchev–Trinajstić information content (AvgIpc) is 1.19. The van der Waals surface area contributed by atoms with Crippen LogP contribution in [0.15, 0.2) is 0 Å².